The standard InChI is InChI=1S/C13H28N2O3/c1-12(2,10-16)7-6-8-14-11(17)15(5)9-13(3,4)18/h16,18H,6-10H2,1-5H3,(H,14,17). The fraction of sp³-hybridized carbons (Fsp3) is 0.923. The number of hydrogen-bond donors (Lipinski definition) is 3. The molecule has 0 radical (unpaired) electrons. The molecule has 0 aliphatic heterocycles. The summed E-state index contributed by atoms with van der Waals surface area (Å²) in [5.41, 5.74) is -0.977. The predicted octanol–water partition coefficient (Wildman–Crippen LogP) is 1.20. The molecule has 0 fully saturated rings. The lowest BCUT2D eigenvalue weighted by Gasteiger charge is -2.26. The minimum atomic E-state index is -0.884. The van der Waals surface area contributed by atoms with Crippen LogP contribution in [0, 0.1) is 5.41 Å². The van der Waals surface area contributed by atoms with Gasteiger partial charge in [-0.2, -0.15) is 0 Å². The van der Waals surface area contributed by atoms with E-state index >= 15 is 0 Å². The largest absolute Gasteiger partial charge is 0.396 e. The van der Waals surface area contributed by atoms with Crippen molar-refractivity contribution in [3.05, 3.63) is 0 Å². The van der Waals surface area contributed by atoms with E-state index in [-0.39, 0.29) is 18.1 Å². The maximum Gasteiger partial charge on any atom is 0.317 e. The van der Waals surface area contributed by atoms with E-state index in [0.29, 0.717) is 13.1 Å². The van der Waals surface area contributed by atoms with Gasteiger partial charge < -0.3 is 20.4 Å². The third-order valence-corrected chi connectivity index (χ3v) is 2.71. The van der Waals surface area contributed by atoms with Gasteiger partial charge in [0.2, 0.25) is 0 Å². The zero-order valence-electron chi connectivity index (χ0n) is 12.3. The molecule has 5 heteroatoms. The molecule has 0 spiro atoms. The molecule has 18 heavy (non-hydrogen) atoms. The molecule has 108 valence electrons. The molecule has 3 N–H and O–H groups in total. The lowest BCUT2D eigenvalue weighted by molar-refractivity contribution is 0.0531. The normalized spacial score (nSPS) is 12.4. The van der Waals surface area contributed by atoms with E-state index in [1.165, 1.54) is 4.90 Å². The molecule has 0 aromatic heterocycles. The number of aliphatic hydroxyl groups excluding tert-OH is 1. The van der Waals surface area contributed by atoms with E-state index < -0.39 is 5.60 Å². The fourth-order valence-corrected chi connectivity index (χ4v) is 1.63. The van der Waals surface area contributed by atoms with Crippen LogP contribution in [0.2, 0.25) is 0 Å². The Bertz CT molecular complexity index is 259. The SMILES string of the molecule is CN(CC(C)(C)O)C(=O)NCCCC(C)(C)CO. The number of aliphatic hydroxyl groups is 2. The van der Waals surface area contributed by atoms with E-state index in [4.69, 9.17) is 5.11 Å². The first-order valence-corrected chi connectivity index (χ1v) is 6.40. The number of nitrogens with one attached hydrogen (secondary N) is 1. The molecule has 5 nitrogen and oxygen atoms in total. The highest BCUT2D eigenvalue weighted by atomic mass is 16.3. The first-order valence-electron chi connectivity index (χ1n) is 6.40. The predicted molar refractivity (Wildman–Crippen MR) is 72.4 cm³/mol. The van der Waals surface area contributed by atoms with E-state index in [1.54, 1.807) is 20.9 Å². The van der Waals surface area contributed by atoms with Gasteiger partial charge in [-0.15, -0.1) is 0 Å². The molecular weight excluding hydrogens is 232 g/mol. The summed E-state index contributed by atoms with van der Waals surface area (Å²) in [5.74, 6) is 0. The van der Waals surface area contributed by atoms with Crippen LogP contribution in [0.4, 0.5) is 4.79 Å². The molecule has 0 rings (SSSR count). The Morgan fingerprint density at radius 1 is 1.28 bits per heavy atom. The van der Waals surface area contributed by atoms with E-state index in [9.17, 15) is 9.90 Å². The zero-order chi connectivity index (χ0) is 14.4. The van der Waals surface area contributed by atoms with Gasteiger partial charge >= 0.3 is 6.03 Å². The van der Waals surface area contributed by atoms with Crippen LogP contribution in [0.15, 0.2) is 0 Å². The van der Waals surface area contributed by atoms with Crippen molar-refractivity contribution in [1.82, 2.24) is 10.2 Å². The Morgan fingerprint density at radius 3 is 2.28 bits per heavy atom. The molecule has 0 atom stereocenters. The topological polar surface area (TPSA) is 72.8 Å². The average Bonchev–Trinajstić information content (AvgIpc) is 2.21. The van der Waals surface area contributed by atoms with Gasteiger partial charge in [0.15, 0.2) is 0 Å². The van der Waals surface area contributed by atoms with Crippen LogP contribution in [0.25, 0.3) is 0 Å². The Hall–Kier alpha value is -0.810. The first kappa shape index (κ1) is 17.2. The van der Waals surface area contributed by atoms with Crippen LogP contribution < -0.4 is 5.32 Å². The molecule has 0 unspecified atom stereocenters. The van der Waals surface area contributed by atoms with Crippen molar-refractivity contribution < 1.29 is 15.0 Å². The van der Waals surface area contributed by atoms with Crippen molar-refractivity contribution in [1.29, 1.82) is 0 Å². The molecule has 0 aliphatic rings. The molecule has 0 aliphatic carbocycles. The lowest BCUT2D eigenvalue weighted by Crippen LogP contribution is -2.44. The van der Waals surface area contributed by atoms with E-state index in [2.05, 4.69) is 5.32 Å². The highest BCUT2D eigenvalue weighted by Gasteiger charge is 2.19. The van der Waals surface area contributed by atoms with Gasteiger partial charge in [0, 0.05) is 20.2 Å². The minimum Gasteiger partial charge on any atom is -0.396 e. The monoisotopic (exact) mass is 260 g/mol. The van der Waals surface area contributed by atoms with Crippen molar-refractivity contribution in [2.45, 2.75) is 46.1 Å². The summed E-state index contributed by atoms with van der Waals surface area (Å²) >= 11 is 0. The lowest BCUT2D eigenvalue weighted by atomic mass is 9.89. The number of likely N-dealkylation sites (N-methyl/N-ethyl adjacent to an activating group) is 1. The number of rotatable bonds is 7. The summed E-state index contributed by atoms with van der Waals surface area (Å²) in [7, 11) is 1.66. The summed E-state index contributed by atoms with van der Waals surface area (Å²) in [5, 5.41) is 21.5. The summed E-state index contributed by atoms with van der Waals surface area (Å²) in [4.78, 5) is 13.1. The highest BCUT2D eigenvalue weighted by molar-refractivity contribution is 5.73. The van der Waals surface area contributed by atoms with Crippen LogP contribution in [-0.2, 0) is 0 Å². The van der Waals surface area contributed by atoms with Crippen LogP contribution in [0.1, 0.15) is 40.5 Å². The average molecular weight is 260 g/mol. The summed E-state index contributed by atoms with van der Waals surface area (Å²) in [6.07, 6.45) is 1.69. The van der Waals surface area contributed by atoms with Crippen molar-refractivity contribution in [2.24, 2.45) is 5.41 Å². The second kappa shape index (κ2) is 6.95. The Kier molecular flexibility index (Phi) is 6.63. The van der Waals surface area contributed by atoms with Gasteiger partial charge in [-0.1, -0.05) is 13.8 Å². The number of nitrogens with zero attached hydrogens (tertiary/aromatic N) is 1. The molecule has 0 saturated carbocycles. The number of carbonyl (C=O) groups excluding carboxylic acids is 1. The van der Waals surface area contributed by atoms with Crippen molar-refractivity contribution >= 4 is 6.03 Å². The molecule has 0 bridgehead atoms. The van der Waals surface area contributed by atoms with Gasteiger partial charge in [0.25, 0.3) is 0 Å². The molecule has 0 aromatic carbocycles. The number of hydrogen-bond acceptors (Lipinski definition) is 3. The second-order valence-corrected chi connectivity index (χ2v) is 6.33. The molecule has 2 amide bonds. The Morgan fingerprint density at radius 2 is 1.83 bits per heavy atom. The Labute approximate surface area is 110 Å². The van der Waals surface area contributed by atoms with Gasteiger partial charge in [-0.05, 0) is 32.1 Å². The number of urea groups is 1. The number of carbonyl (C=O) groups is 1. The highest BCUT2D eigenvalue weighted by Crippen LogP contribution is 2.20. The first-order chi connectivity index (χ1) is 8.07. The second-order valence-electron chi connectivity index (χ2n) is 6.33. The molecule has 0 aromatic rings. The van der Waals surface area contributed by atoms with Crippen LogP contribution in [0.5, 0.6) is 0 Å². The van der Waals surface area contributed by atoms with Gasteiger partial charge in [0.1, 0.15) is 0 Å². The molecular formula is C13H28N2O3. The van der Waals surface area contributed by atoms with Crippen molar-refractivity contribution in [3.8, 4) is 0 Å². The van der Waals surface area contributed by atoms with Crippen molar-refractivity contribution in [3.63, 3.8) is 0 Å². The quantitative estimate of drug-likeness (QED) is 0.602. The maximum absolute atomic E-state index is 11.7. The van der Waals surface area contributed by atoms with Crippen LogP contribution in [0.3, 0.4) is 0 Å². The fourth-order valence-electron chi connectivity index (χ4n) is 1.63. The summed E-state index contributed by atoms with van der Waals surface area (Å²) < 4.78 is 0. The Balaban J connectivity index is 3.84. The maximum atomic E-state index is 11.7. The third kappa shape index (κ3) is 8.31. The van der Waals surface area contributed by atoms with Crippen molar-refractivity contribution in [2.75, 3.05) is 26.7 Å². The van der Waals surface area contributed by atoms with Crippen LogP contribution in [-0.4, -0.2) is 53.5 Å². The third-order valence-electron chi connectivity index (χ3n) is 2.71. The van der Waals surface area contributed by atoms with E-state index in [0.717, 1.165) is 12.8 Å². The van der Waals surface area contributed by atoms with Gasteiger partial charge in [-0.25, -0.2) is 4.79 Å². The minimum absolute atomic E-state index is 0.0935. The van der Waals surface area contributed by atoms with E-state index in [1.807, 2.05) is 13.8 Å². The zero-order valence-corrected chi connectivity index (χ0v) is 12.3. The summed E-state index contributed by atoms with van der Waals surface area (Å²) in [6, 6.07) is -0.182. The van der Waals surface area contributed by atoms with Crippen LogP contribution >= 0.6 is 0 Å². The van der Waals surface area contributed by atoms with Gasteiger partial charge in [0.05, 0.1) is 12.1 Å². The summed E-state index contributed by atoms with van der Waals surface area (Å²) in [6.45, 7) is 8.35. The van der Waals surface area contributed by atoms with Gasteiger partial charge in [-0.3, -0.25) is 0 Å². The smallest absolute Gasteiger partial charge is 0.317 e. The molecule has 0 saturated heterocycles. The molecule has 0 heterocycles. The number of amides is 2.